The number of hydrogen-bond acceptors (Lipinski definition) is 4. The first-order chi connectivity index (χ1) is 9.54. The van der Waals surface area contributed by atoms with Gasteiger partial charge in [0.1, 0.15) is 6.54 Å². The van der Waals surface area contributed by atoms with Crippen molar-refractivity contribution in [2.24, 2.45) is 0 Å². The molecule has 0 aliphatic heterocycles. The van der Waals surface area contributed by atoms with E-state index in [-0.39, 0.29) is 32.0 Å². The van der Waals surface area contributed by atoms with Crippen molar-refractivity contribution in [1.29, 1.82) is 5.26 Å². The fourth-order valence-corrected chi connectivity index (χ4v) is 1.80. The molecule has 0 saturated carbocycles. The zero-order chi connectivity index (χ0) is 15.0. The fraction of sp³-hybridized carbons (Fsp3) is 0.357. The summed E-state index contributed by atoms with van der Waals surface area (Å²) in [5.74, 6) is -1.22. The Labute approximate surface area is 117 Å². The van der Waals surface area contributed by atoms with E-state index in [0.29, 0.717) is 0 Å². The van der Waals surface area contributed by atoms with Gasteiger partial charge in [-0.05, 0) is 18.6 Å². The second-order valence-corrected chi connectivity index (χ2v) is 4.29. The lowest BCUT2D eigenvalue weighted by atomic mass is 10.1. The van der Waals surface area contributed by atoms with Gasteiger partial charge in [0.15, 0.2) is 0 Å². The first-order valence-electron chi connectivity index (χ1n) is 6.20. The molecular formula is C14H17N3O3. The van der Waals surface area contributed by atoms with Crippen LogP contribution < -0.4 is 10.2 Å². The van der Waals surface area contributed by atoms with Crippen LogP contribution in [0.1, 0.15) is 12.0 Å². The third-order valence-electron chi connectivity index (χ3n) is 2.75. The molecule has 0 atom stereocenters. The van der Waals surface area contributed by atoms with Gasteiger partial charge in [0.05, 0.1) is 19.0 Å². The number of aliphatic carboxylic acids is 1. The van der Waals surface area contributed by atoms with Crippen LogP contribution in [0.15, 0.2) is 24.3 Å². The van der Waals surface area contributed by atoms with Crippen LogP contribution in [-0.2, 0) is 9.59 Å². The van der Waals surface area contributed by atoms with Crippen LogP contribution in [-0.4, -0.2) is 36.6 Å². The predicted molar refractivity (Wildman–Crippen MR) is 74.3 cm³/mol. The molecule has 0 fully saturated rings. The first kappa shape index (κ1) is 15.5. The molecule has 1 aromatic rings. The number of aryl methyl sites for hydroxylation is 1. The minimum absolute atomic E-state index is 0.0276. The van der Waals surface area contributed by atoms with E-state index in [1.165, 1.54) is 0 Å². The van der Waals surface area contributed by atoms with Gasteiger partial charge in [-0.25, -0.2) is 0 Å². The number of carboxylic acids is 1. The Morgan fingerprint density at radius 2 is 2.10 bits per heavy atom. The molecule has 20 heavy (non-hydrogen) atoms. The Kier molecular flexibility index (Phi) is 6.04. The summed E-state index contributed by atoms with van der Waals surface area (Å²) in [5, 5.41) is 19.7. The van der Waals surface area contributed by atoms with Crippen molar-refractivity contribution in [3.05, 3.63) is 29.8 Å². The lowest BCUT2D eigenvalue weighted by Gasteiger charge is -2.25. The molecule has 6 nitrogen and oxygen atoms in total. The predicted octanol–water partition coefficient (Wildman–Crippen LogP) is 0.916. The molecule has 0 radical (unpaired) electrons. The van der Waals surface area contributed by atoms with E-state index >= 15 is 0 Å². The van der Waals surface area contributed by atoms with Crippen molar-refractivity contribution in [3.8, 4) is 6.07 Å². The smallest absolute Gasteiger partial charge is 0.305 e. The third kappa shape index (κ3) is 4.98. The second-order valence-electron chi connectivity index (χ2n) is 4.29. The number of hydrogen-bond donors (Lipinski definition) is 2. The highest BCUT2D eigenvalue weighted by Crippen LogP contribution is 2.19. The molecule has 2 N–H and O–H groups in total. The zero-order valence-electron chi connectivity index (χ0n) is 11.3. The molecule has 0 aromatic heterocycles. The van der Waals surface area contributed by atoms with Crippen LogP contribution in [0.5, 0.6) is 0 Å². The highest BCUT2D eigenvalue weighted by atomic mass is 16.4. The summed E-state index contributed by atoms with van der Waals surface area (Å²) in [5.41, 5.74) is 1.78. The summed E-state index contributed by atoms with van der Waals surface area (Å²) in [7, 11) is 0. The molecule has 6 heteroatoms. The van der Waals surface area contributed by atoms with Gasteiger partial charge in [-0.1, -0.05) is 18.2 Å². The molecule has 0 bridgehead atoms. The second kappa shape index (κ2) is 7.79. The number of benzene rings is 1. The van der Waals surface area contributed by atoms with Gasteiger partial charge >= 0.3 is 5.97 Å². The Morgan fingerprint density at radius 1 is 1.40 bits per heavy atom. The van der Waals surface area contributed by atoms with E-state index in [0.717, 1.165) is 11.3 Å². The number of para-hydroxylation sites is 1. The Morgan fingerprint density at radius 3 is 2.70 bits per heavy atom. The molecule has 0 spiro atoms. The minimum Gasteiger partial charge on any atom is -0.481 e. The minimum atomic E-state index is -0.916. The van der Waals surface area contributed by atoms with Gasteiger partial charge in [-0.15, -0.1) is 0 Å². The number of rotatable bonds is 7. The average Bonchev–Trinajstić information content (AvgIpc) is 2.41. The van der Waals surface area contributed by atoms with Crippen molar-refractivity contribution < 1.29 is 14.7 Å². The van der Waals surface area contributed by atoms with Crippen LogP contribution in [0.25, 0.3) is 0 Å². The number of nitrogens with zero attached hydrogens (tertiary/aromatic N) is 2. The maximum absolute atomic E-state index is 11.7. The number of carbonyl (C=O) groups is 2. The molecule has 0 aliphatic carbocycles. The monoisotopic (exact) mass is 275 g/mol. The van der Waals surface area contributed by atoms with E-state index in [2.05, 4.69) is 5.32 Å². The van der Waals surface area contributed by atoms with E-state index in [4.69, 9.17) is 10.4 Å². The van der Waals surface area contributed by atoms with Crippen molar-refractivity contribution in [2.45, 2.75) is 13.3 Å². The lowest BCUT2D eigenvalue weighted by Crippen LogP contribution is -2.38. The molecule has 0 heterocycles. The summed E-state index contributed by atoms with van der Waals surface area (Å²) in [6, 6.07) is 9.29. The normalized spacial score (nSPS) is 9.60. The molecule has 106 valence electrons. The van der Waals surface area contributed by atoms with Gasteiger partial charge in [-0.3, -0.25) is 9.59 Å². The number of carbonyl (C=O) groups excluding carboxylic acids is 1. The van der Waals surface area contributed by atoms with E-state index in [1.54, 1.807) is 4.90 Å². The zero-order valence-corrected chi connectivity index (χ0v) is 11.3. The molecular weight excluding hydrogens is 258 g/mol. The number of amides is 1. The standard InChI is InChI=1S/C14H17N3O3/c1-11-4-2-3-5-12(11)17(9-6-14(19)20)10-13(18)16-8-7-15/h2-5H,6,8-10H2,1H3,(H,16,18)(H,19,20). The number of anilines is 1. The van der Waals surface area contributed by atoms with Crippen LogP contribution >= 0.6 is 0 Å². The fourth-order valence-electron chi connectivity index (χ4n) is 1.80. The Balaban J connectivity index is 2.80. The van der Waals surface area contributed by atoms with Crippen LogP contribution in [0, 0.1) is 18.3 Å². The molecule has 0 saturated heterocycles. The number of nitriles is 1. The van der Waals surface area contributed by atoms with Gasteiger partial charge in [0.25, 0.3) is 0 Å². The van der Waals surface area contributed by atoms with Crippen molar-refractivity contribution in [3.63, 3.8) is 0 Å². The van der Waals surface area contributed by atoms with Crippen molar-refractivity contribution in [1.82, 2.24) is 5.32 Å². The van der Waals surface area contributed by atoms with Gasteiger partial charge in [0.2, 0.25) is 5.91 Å². The maximum atomic E-state index is 11.7. The summed E-state index contributed by atoms with van der Waals surface area (Å²) < 4.78 is 0. The van der Waals surface area contributed by atoms with Crippen LogP contribution in [0.2, 0.25) is 0 Å². The van der Waals surface area contributed by atoms with Gasteiger partial charge in [0, 0.05) is 12.2 Å². The van der Waals surface area contributed by atoms with Crippen molar-refractivity contribution in [2.75, 3.05) is 24.5 Å². The molecule has 0 aliphatic rings. The SMILES string of the molecule is Cc1ccccc1N(CCC(=O)O)CC(=O)NCC#N. The lowest BCUT2D eigenvalue weighted by molar-refractivity contribution is -0.136. The number of nitrogens with one attached hydrogen (secondary N) is 1. The summed E-state index contributed by atoms with van der Waals surface area (Å²) in [6.07, 6.45) is -0.0557. The number of carboxylic acid groups (broad SMARTS) is 1. The summed E-state index contributed by atoms with van der Waals surface area (Å²) in [4.78, 5) is 24.1. The molecule has 1 rings (SSSR count). The first-order valence-corrected chi connectivity index (χ1v) is 6.20. The highest BCUT2D eigenvalue weighted by Gasteiger charge is 2.14. The van der Waals surface area contributed by atoms with Crippen molar-refractivity contribution >= 4 is 17.6 Å². The largest absolute Gasteiger partial charge is 0.481 e. The van der Waals surface area contributed by atoms with Crippen LogP contribution in [0.4, 0.5) is 5.69 Å². The summed E-state index contributed by atoms with van der Waals surface area (Å²) >= 11 is 0. The van der Waals surface area contributed by atoms with E-state index in [1.807, 2.05) is 37.3 Å². The Bertz CT molecular complexity index is 523. The topological polar surface area (TPSA) is 93.4 Å². The molecule has 0 unspecified atom stereocenters. The van der Waals surface area contributed by atoms with E-state index < -0.39 is 5.97 Å². The summed E-state index contributed by atoms with van der Waals surface area (Å²) in [6.45, 7) is 2.11. The maximum Gasteiger partial charge on any atom is 0.305 e. The van der Waals surface area contributed by atoms with Crippen LogP contribution in [0.3, 0.4) is 0 Å². The van der Waals surface area contributed by atoms with Gasteiger partial charge < -0.3 is 15.3 Å². The molecule has 1 aromatic carbocycles. The highest BCUT2D eigenvalue weighted by molar-refractivity contribution is 5.82. The quantitative estimate of drug-likeness (QED) is 0.722. The van der Waals surface area contributed by atoms with Gasteiger partial charge in [-0.2, -0.15) is 5.26 Å². The Hall–Kier alpha value is -2.55. The average molecular weight is 275 g/mol. The third-order valence-corrected chi connectivity index (χ3v) is 2.75. The molecule has 1 amide bonds. The van der Waals surface area contributed by atoms with E-state index in [9.17, 15) is 9.59 Å².